The average Bonchev–Trinajstić information content (AvgIpc) is 2.97. The Morgan fingerprint density at radius 1 is 1.22 bits per heavy atom. The largest absolute Gasteiger partial charge is 0.388 e. The van der Waals surface area contributed by atoms with Gasteiger partial charge in [-0.25, -0.2) is 9.37 Å². The summed E-state index contributed by atoms with van der Waals surface area (Å²) in [6.45, 7) is 1.62. The van der Waals surface area contributed by atoms with Gasteiger partial charge >= 0.3 is 0 Å². The van der Waals surface area contributed by atoms with Gasteiger partial charge in [0.15, 0.2) is 5.78 Å². The molecular weight excluding hydrogens is 468 g/mol. The number of anilines is 3. The first-order valence-electron chi connectivity index (χ1n) is 11.4. The van der Waals surface area contributed by atoms with E-state index >= 15 is 0 Å². The molecule has 2 aliphatic heterocycles. The summed E-state index contributed by atoms with van der Waals surface area (Å²) < 4.78 is 28.0. The average molecular weight is 494 g/mol. The van der Waals surface area contributed by atoms with Gasteiger partial charge in [0.1, 0.15) is 18.3 Å². The zero-order valence-electron chi connectivity index (χ0n) is 19.9. The van der Waals surface area contributed by atoms with Crippen molar-refractivity contribution in [3.63, 3.8) is 0 Å². The van der Waals surface area contributed by atoms with E-state index in [1.807, 2.05) is 31.3 Å². The number of nitrogens with zero attached hydrogens (tertiary/aromatic N) is 4. The first kappa shape index (κ1) is 24.9. The number of benzene rings is 1. The minimum absolute atomic E-state index is 0.0380. The van der Waals surface area contributed by atoms with Crippen LogP contribution >= 0.6 is 0 Å². The highest BCUT2D eigenvalue weighted by Crippen LogP contribution is 2.39. The van der Waals surface area contributed by atoms with Crippen LogP contribution in [0.4, 0.5) is 26.0 Å². The van der Waals surface area contributed by atoms with E-state index in [1.54, 1.807) is 24.0 Å². The maximum atomic E-state index is 14.9. The van der Waals surface area contributed by atoms with Gasteiger partial charge in [-0.2, -0.15) is 4.39 Å². The number of amides is 1. The molecule has 10 heteroatoms. The number of nitrogens with one attached hydrogen (secondary N) is 1. The van der Waals surface area contributed by atoms with Gasteiger partial charge in [-0.05, 0) is 37.3 Å². The predicted molar refractivity (Wildman–Crippen MR) is 133 cm³/mol. The minimum atomic E-state index is -0.971. The van der Waals surface area contributed by atoms with Crippen LogP contribution in [0.5, 0.6) is 0 Å². The van der Waals surface area contributed by atoms with Crippen molar-refractivity contribution in [2.24, 2.45) is 0 Å². The summed E-state index contributed by atoms with van der Waals surface area (Å²) >= 11 is 0. The molecule has 186 valence electrons. The van der Waals surface area contributed by atoms with Crippen LogP contribution in [-0.2, 0) is 16.0 Å². The molecular formula is C26H25F2N5O3. The van der Waals surface area contributed by atoms with Crippen LogP contribution in [0.15, 0.2) is 48.7 Å². The molecule has 0 atom stereocenters. The molecule has 1 saturated heterocycles. The van der Waals surface area contributed by atoms with Gasteiger partial charge in [0.25, 0.3) is 0 Å². The second-order valence-electron chi connectivity index (χ2n) is 8.40. The molecule has 1 aromatic carbocycles. The summed E-state index contributed by atoms with van der Waals surface area (Å²) in [5, 5.41) is 2.98. The third-order valence-electron chi connectivity index (χ3n) is 6.01. The fraction of sp³-hybridized carbons (Fsp3) is 0.269. The highest BCUT2D eigenvalue weighted by Gasteiger charge is 2.33. The summed E-state index contributed by atoms with van der Waals surface area (Å²) in [6.07, 6.45) is 1.11. The Morgan fingerprint density at radius 3 is 2.56 bits per heavy atom. The van der Waals surface area contributed by atoms with Crippen LogP contribution < -0.4 is 15.1 Å². The number of carbonyl (C=O) groups is 3. The third-order valence-corrected chi connectivity index (χ3v) is 6.01. The van der Waals surface area contributed by atoms with Crippen LogP contribution in [0.2, 0.25) is 0 Å². The SMILES string of the molecule is CNc1ccc(C(C)=O)cc1.O=CCN1C(=O)Cc2ncccc2-c2c1cc(N1CC(F)C1)nc2F. The number of alkyl halides is 1. The topological polar surface area (TPSA) is 95.5 Å². The fourth-order valence-electron chi connectivity index (χ4n) is 4.05. The molecule has 2 aliphatic rings. The normalized spacial score (nSPS) is 14.5. The van der Waals surface area contributed by atoms with E-state index in [0.29, 0.717) is 17.5 Å². The molecule has 0 unspecified atom stereocenters. The lowest BCUT2D eigenvalue weighted by Gasteiger charge is -2.36. The second kappa shape index (κ2) is 10.6. The molecule has 8 nitrogen and oxygen atoms in total. The quantitative estimate of drug-likeness (QED) is 0.330. The maximum absolute atomic E-state index is 14.9. The summed E-state index contributed by atoms with van der Waals surface area (Å²) in [6, 6.07) is 12.3. The lowest BCUT2D eigenvalue weighted by Crippen LogP contribution is -2.49. The van der Waals surface area contributed by atoms with Crippen molar-refractivity contribution < 1.29 is 23.2 Å². The molecule has 3 aromatic rings. The minimum Gasteiger partial charge on any atom is -0.388 e. The van der Waals surface area contributed by atoms with Gasteiger partial charge in [0.2, 0.25) is 11.9 Å². The van der Waals surface area contributed by atoms with Gasteiger partial charge in [-0.3, -0.25) is 14.6 Å². The molecule has 2 aromatic heterocycles. The monoisotopic (exact) mass is 493 g/mol. The van der Waals surface area contributed by atoms with E-state index in [2.05, 4.69) is 15.3 Å². The molecule has 0 radical (unpaired) electrons. The zero-order valence-corrected chi connectivity index (χ0v) is 19.9. The predicted octanol–water partition coefficient (Wildman–Crippen LogP) is 3.46. The van der Waals surface area contributed by atoms with Crippen LogP contribution in [0.1, 0.15) is 23.0 Å². The van der Waals surface area contributed by atoms with Crippen molar-refractivity contribution in [3.05, 3.63) is 65.9 Å². The molecule has 5 rings (SSSR count). The lowest BCUT2D eigenvalue weighted by molar-refractivity contribution is -0.119. The highest BCUT2D eigenvalue weighted by atomic mass is 19.1. The van der Waals surface area contributed by atoms with Gasteiger partial charge in [0.05, 0.1) is 43.0 Å². The Morgan fingerprint density at radius 2 is 1.94 bits per heavy atom. The Kier molecular flexibility index (Phi) is 7.33. The van der Waals surface area contributed by atoms with Crippen LogP contribution in [-0.4, -0.2) is 60.8 Å². The number of hydrogen-bond donors (Lipinski definition) is 1. The first-order chi connectivity index (χ1) is 17.3. The summed E-state index contributed by atoms with van der Waals surface area (Å²) in [4.78, 5) is 45.4. The lowest BCUT2D eigenvalue weighted by atomic mass is 10.0. The second-order valence-corrected chi connectivity index (χ2v) is 8.40. The van der Waals surface area contributed by atoms with Crippen molar-refractivity contribution in [2.45, 2.75) is 19.5 Å². The smallest absolute Gasteiger partial charge is 0.233 e. The van der Waals surface area contributed by atoms with Gasteiger partial charge in [-0.15, -0.1) is 0 Å². The standard InChI is InChI=1S/C17H14F2N4O2.C9H11NO/c18-10-8-22(9-10)14-7-13-16(17(19)21-14)11-2-1-3-20-12(11)6-15(25)23(13)4-5-24;1-7(11)8-3-5-9(10-2)6-4-8/h1-3,5,7,10H,4,6,8-9H2;3-6,10H,1-2H3. The van der Waals surface area contributed by atoms with E-state index in [0.717, 1.165) is 11.3 Å². The Labute approximate surface area is 207 Å². The number of aldehydes is 1. The van der Waals surface area contributed by atoms with Crippen LogP contribution in [0.3, 0.4) is 0 Å². The zero-order chi connectivity index (χ0) is 25.8. The molecule has 1 N–H and O–H groups in total. The van der Waals surface area contributed by atoms with Crippen molar-refractivity contribution in [1.82, 2.24) is 9.97 Å². The van der Waals surface area contributed by atoms with Crippen molar-refractivity contribution in [1.29, 1.82) is 0 Å². The highest BCUT2D eigenvalue weighted by molar-refractivity contribution is 6.04. The Bertz CT molecular complexity index is 1290. The van der Waals surface area contributed by atoms with Gasteiger partial charge < -0.3 is 19.9 Å². The summed E-state index contributed by atoms with van der Waals surface area (Å²) in [7, 11) is 1.85. The number of aromatic nitrogens is 2. The Balaban J connectivity index is 0.000000233. The number of halogens is 2. The first-order valence-corrected chi connectivity index (χ1v) is 11.4. The number of rotatable bonds is 5. The molecule has 0 bridgehead atoms. The van der Waals surface area contributed by atoms with Gasteiger partial charge in [-0.1, -0.05) is 6.07 Å². The number of hydrogen-bond acceptors (Lipinski definition) is 7. The van der Waals surface area contributed by atoms with Crippen molar-refractivity contribution >= 4 is 35.2 Å². The van der Waals surface area contributed by atoms with Crippen LogP contribution in [0, 0.1) is 5.95 Å². The van der Waals surface area contributed by atoms with E-state index in [4.69, 9.17) is 0 Å². The van der Waals surface area contributed by atoms with Crippen LogP contribution in [0.25, 0.3) is 11.1 Å². The number of fused-ring (bicyclic) bond motifs is 3. The maximum Gasteiger partial charge on any atom is 0.233 e. The van der Waals surface area contributed by atoms with Crippen molar-refractivity contribution in [3.8, 4) is 11.1 Å². The number of Topliss-reactive ketones (excluding diaryl/α,β-unsaturated/α-hetero) is 1. The summed E-state index contributed by atoms with van der Waals surface area (Å²) in [5.74, 6) is -0.766. The third kappa shape index (κ3) is 5.07. The molecule has 1 fully saturated rings. The molecule has 4 heterocycles. The molecule has 0 saturated carbocycles. The Hall–Kier alpha value is -4.21. The summed E-state index contributed by atoms with van der Waals surface area (Å²) in [5.41, 5.74) is 3.08. The van der Waals surface area contributed by atoms with E-state index in [9.17, 15) is 23.2 Å². The number of ketones is 1. The van der Waals surface area contributed by atoms with E-state index in [-0.39, 0.29) is 54.8 Å². The van der Waals surface area contributed by atoms with E-state index in [1.165, 1.54) is 17.2 Å². The van der Waals surface area contributed by atoms with Gasteiger partial charge in [0, 0.05) is 36.1 Å². The molecule has 1 amide bonds. The molecule has 36 heavy (non-hydrogen) atoms. The molecule has 0 spiro atoms. The van der Waals surface area contributed by atoms with E-state index < -0.39 is 12.1 Å². The number of pyridine rings is 2. The fourth-order valence-corrected chi connectivity index (χ4v) is 4.05. The van der Waals surface area contributed by atoms with Crippen molar-refractivity contribution in [2.75, 3.05) is 41.8 Å². The number of carbonyl (C=O) groups excluding carboxylic acids is 3. The molecule has 0 aliphatic carbocycles.